The first-order valence-electron chi connectivity index (χ1n) is 22.0. The lowest BCUT2D eigenvalue weighted by Crippen LogP contribution is -2.59. The van der Waals surface area contributed by atoms with E-state index >= 15 is 0 Å². The summed E-state index contributed by atoms with van der Waals surface area (Å²) in [6, 6.07) is 42.7. The Morgan fingerprint density at radius 2 is 1.10 bits per heavy atom. The topological polar surface area (TPSA) is 48.8 Å². The molecule has 12 rings (SSSR count). The maximum atomic E-state index is 7.24. The molecular formula is C56H49BN4O. The van der Waals surface area contributed by atoms with E-state index in [0.717, 1.165) is 78.2 Å². The first kappa shape index (κ1) is 37.1. The second-order valence-electron chi connectivity index (χ2n) is 20.0. The van der Waals surface area contributed by atoms with Gasteiger partial charge in [0.2, 0.25) is 0 Å². The van der Waals surface area contributed by atoms with Gasteiger partial charge in [0, 0.05) is 44.4 Å². The summed E-state index contributed by atoms with van der Waals surface area (Å²) in [7, 11) is 0. The van der Waals surface area contributed by atoms with Gasteiger partial charge in [0.15, 0.2) is 5.58 Å². The van der Waals surface area contributed by atoms with Crippen LogP contribution in [0.15, 0.2) is 120 Å². The molecule has 0 aliphatic carbocycles. The molecule has 5 nitrogen and oxygen atoms in total. The first-order valence-corrected chi connectivity index (χ1v) is 22.0. The second-order valence-corrected chi connectivity index (χ2v) is 20.0. The van der Waals surface area contributed by atoms with Gasteiger partial charge in [-0.2, -0.15) is 0 Å². The number of aryl methyl sites for hydroxylation is 4. The quantitative estimate of drug-likeness (QED) is 0.167. The van der Waals surface area contributed by atoms with Crippen LogP contribution < -0.4 is 16.4 Å². The van der Waals surface area contributed by atoms with E-state index in [9.17, 15) is 0 Å². The van der Waals surface area contributed by atoms with E-state index in [1.54, 1.807) is 0 Å². The molecule has 0 fully saturated rings. The van der Waals surface area contributed by atoms with Gasteiger partial charge in [0.25, 0.3) is 6.71 Å². The van der Waals surface area contributed by atoms with Crippen LogP contribution in [0.2, 0.25) is 0 Å². The van der Waals surface area contributed by atoms with E-state index in [2.05, 4.69) is 194 Å². The molecule has 6 heteroatoms. The molecule has 5 heterocycles. The Bertz CT molecular complexity index is 3550. The van der Waals surface area contributed by atoms with Crippen LogP contribution in [-0.4, -0.2) is 25.8 Å². The predicted molar refractivity (Wildman–Crippen MR) is 260 cm³/mol. The van der Waals surface area contributed by atoms with Crippen LogP contribution in [0, 0.1) is 27.7 Å². The fraction of sp³-hybridized carbons (Fsp3) is 0.214. The molecule has 7 aromatic carbocycles. The third-order valence-corrected chi connectivity index (χ3v) is 13.9. The Kier molecular flexibility index (Phi) is 7.47. The lowest BCUT2D eigenvalue weighted by molar-refractivity contribution is 0.559. The third-order valence-electron chi connectivity index (χ3n) is 13.9. The standard InChI is InChI=1S/C56H49BN4O/c1-30-17-14-18-31(2)44(30)36-25-26-40-49-47(36)58-53(34-21-12-11-13-22-34)60(49)42-23-16-24-43-46(42)57(40)41-29-38-37-27-35(55(5,6)7)28-39(56(8,9)10)51(37)62-52(38)48-50(41)61(43)54(59-48)45-32(3)19-15-20-33(45)4/h11-29H,1-10H3. The van der Waals surface area contributed by atoms with Gasteiger partial charge in [0.05, 0.1) is 16.6 Å². The van der Waals surface area contributed by atoms with Gasteiger partial charge >= 0.3 is 0 Å². The number of hydrogen-bond donors (Lipinski definition) is 0. The molecule has 2 aliphatic heterocycles. The number of rotatable bonds is 3. The summed E-state index contributed by atoms with van der Waals surface area (Å²) in [4.78, 5) is 11.4. The van der Waals surface area contributed by atoms with Crippen LogP contribution in [0.25, 0.3) is 89.3 Å². The van der Waals surface area contributed by atoms with Crippen LogP contribution >= 0.6 is 0 Å². The molecule has 0 spiro atoms. The van der Waals surface area contributed by atoms with E-state index in [-0.39, 0.29) is 17.5 Å². The second kappa shape index (κ2) is 12.5. The number of aromatic nitrogens is 4. The van der Waals surface area contributed by atoms with Crippen molar-refractivity contribution in [2.24, 2.45) is 0 Å². The van der Waals surface area contributed by atoms with Gasteiger partial charge in [-0.3, -0.25) is 9.13 Å². The molecule has 0 bridgehead atoms. The fourth-order valence-electron chi connectivity index (χ4n) is 11.0. The minimum Gasteiger partial charge on any atom is -0.453 e. The van der Waals surface area contributed by atoms with Crippen molar-refractivity contribution in [2.75, 3.05) is 0 Å². The highest BCUT2D eigenvalue weighted by Crippen LogP contribution is 2.45. The number of hydrogen-bond acceptors (Lipinski definition) is 3. The van der Waals surface area contributed by atoms with Crippen molar-refractivity contribution in [3.05, 3.63) is 149 Å². The Balaban J connectivity index is 1.28. The van der Waals surface area contributed by atoms with Crippen molar-refractivity contribution in [1.82, 2.24) is 19.1 Å². The van der Waals surface area contributed by atoms with Gasteiger partial charge in [-0.15, -0.1) is 0 Å². The molecule has 0 amide bonds. The number of imidazole rings is 2. The van der Waals surface area contributed by atoms with Crippen molar-refractivity contribution in [3.63, 3.8) is 0 Å². The summed E-state index contributed by atoms with van der Waals surface area (Å²) >= 11 is 0. The highest BCUT2D eigenvalue weighted by molar-refractivity contribution is 7.00. The number of benzene rings is 7. The first-order chi connectivity index (χ1) is 29.7. The summed E-state index contributed by atoms with van der Waals surface area (Å²) in [5.41, 5.74) is 24.0. The van der Waals surface area contributed by atoms with Crippen molar-refractivity contribution in [3.8, 4) is 45.3 Å². The maximum absolute atomic E-state index is 7.24. The Morgan fingerprint density at radius 3 is 1.74 bits per heavy atom. The molecule has 0 atom stereocenters. The van der Waals surface area contributed by atoms with Gasteiger partial charge < -0.3 is 4.42 Å². The van der Waals surface area contributed by atoms with Crippen molar-refractivity contribution >= 4 is 67.1 Å². The van der Waals surface area contributed by atoms with Crippen LogP contribution in [0.5, 0.6) is 0 Å². The largest absolute Gasteiger partial charge is 0.453 e. The smallest absolute Gasteiger partial charge is 0.252 e. The minimum absolute atomic E-state index is 0.0534. The van der Waals surface area contributed by atoms with Gasteiger partial charge in [-0.05, 0) is 106 Å². The monoisotopic (exact) mass is 804 g/mol. The predicted octanol–water partition coefficient (Wildman–Crippen LogP) is 12.2. The van der Waals surface area contributed by atoms with Crippen molar-refractivity contribution < 1.29 is 4.42 Å². The molecule has 2 aliphatic rings. The van der Waals surface area contributed by atoms with Gasteiger partial charge in [-0.1, -0.05) is 139 Å². The number of fused-ring (bicyclic) bond motifs is 8. The fourth-order valence-corrected chi connectivity index (χ4v) is 11.0. The maximum Gasteiger partial charge on any atom is 0.252 e. The molecule has 0 radical (unpaired) electrons. The summed E-state index contributed by atoms with van der Waals surface area (Å²) in [5, 5.41) is 2.27. The number of nitrogens with zero attached hydrogens (tertiary/aromatic N) is 4. The van der Waals surface area contributed by atoms with E-state index in [1.165, 1.54) is 60.9 Å². The zero-order valence-electron chi connectivity index (χ0n) is 37.2. The number of furan rings is 1. The Hall–Kier alpha value is -6.66. The van der Waals surface area contributed by atoms with E-state index in [4.69, 9.17) is 14.4 Å². The SMILES string of the molecule is Cc1cccc(C)c1-c1ccc2c3c1nc(-c1ccccc1)n3-c1cccc3c1B2c1cc2c4cc(C(C)(C)C)cc(C(C)(C)C)c4oc2c2nc(-c4c(C)cccc4C)n-3c12. The van der Waals surface area contributed by atoms with Crippen LogP contribution in [0.4, 0.5) is 0 Å². The summed E-state index contributed by atoms with van der Waals surface area (Å²) < 4.78 is 12.2. The summed E-state index contributed by atoms with van der Waals surface area (Å²) in [6.07, 6.45) is 0. The molecular weight excluding hydrogens is 755 g/mol. The van der Waals surface area contributed by atoms with E-state index < -0.39 is 0 Å². The van der Waals surface area contributed by atoms with Crippen LogP contribution in [-0.2, 0) is 10.8 Å². The zero-order chi connectivity index (χ0) is 42.7. The minimum atomic E-state index is -0.141. The molecule has 0 saturated carbocycles. The lowest BCUT2D eigenvalue weighted by Gasteiger charge is -2.33. The average molecular weight is 805 g/mol. The highest BCUT2D eigenvalue weighted by Gasteiger charge is 2.43. The molecule has 302 valence electrons. The molecule has 10 aromatic rings. The molecule has 0 unspecified atom stereocenters. The Morgan fingerprint density at radius 1 is 0.516 bits per heavy atom. The van der Waals surface area contributed by atoms with Crippen molar-refractivity contribution in [1.29, 1.82) is 0 Å². The lowest BCUT2D eigenvalue weighted by atomic mass is 9.34. The summed E-state index contributed by atoms with van der Waals surface area (Å²) in [6.45, 7) is 22.6. The van der Waals surface area contributed by atoms with Crippen LogP contribution in [0.1, 0.15) is 74.9 Å². The van der Waals surface area contributed by atoms with Gasteiger partial charge in [0.1, 0.15) is 22.7 Å². The zero-order valence-corrected chi connectivity index (χ0v) is 37.2. The third kappa shape index (κ3) is 4.92. The van der Waals surface area contributed by atoms with E-state index in [0.29, 0.717) is 0 Å². The van der Waals surface area contributed by atoms with E-state index in [1.807, 2.05) is 0 Å². The Labute approximate surface area is 363 Å². The summed E-state index contributed by atoms with van der Waals surface area (Å²) in [5.74, 6) is 1.89. The average Bonchev–Trinajstić information content (AvgIpc) is 3.94. The normalized spacial score (nSPS) is 13.3. The molecule has 0 N–H and O–H groups in total. The van der Waals surface area contributed by atoms with Crippen molar-refractivity contribution in [2.45, 2.75) is 80.1 Å². The molecule has 3 aromatic heterocycles. The van der Waals surface area contributed by atoms with Crippen LogP contribution in [0.3, 0.4) is 0 Å². The molecule has 0 saturated heterocycles. The highest BCUT2D eigenvalue weighted by atomic mass is 16.3. The van der Waals surface area contributed by atoms with Gasteiger partial charge in [-0.25, -0.2) is 9.97 Å². The molecule has 62 heavy (non-hydrogen) atoms.